The van der Waals surface area contributed by atoms with Crippen LogP contribution in [0.25, 0.3) is 0 Å². The van der Waals surface area contributed by atoms with E-state index in [0.29, 0.717) is 6.04 Å². The van der Waals surface area contributed by atoms with Gasteiger partial charge in [-0.25, -0.2) is 9.97 Å². The van der Waals surface area contributed by atoms with E-state index in [-0.39, 0.29) is 0 Å². The van der Waals surface area contributed by atoms with Crippen LogP contribution < -0.4 is 5.32 Å². The van der Waals surface area contributed by atoms with Gasteiger partial charge in [-0.1, -0.05) is 0 Å². The Morgan fingerprint density at radius 3 is 2.88 bits per heavy atom. The molecule has 2 aromatic rings. The van der Waals surface area contributed by atoms with Crippen LogP contribution in [0.15, 0.2) is 18.6 Å². The van der Waals surface area contributed by atoms with Gasteiger partial charge in [0.2, 0.25) is 0 Å². The fourth-order valence-corrected chi connectivity index (χ4v) is 2.50. The van der Waals surface area contributed by atoms with Crippen LogP contribution in [0.1, 0.15) is 28.7 Å². The quantitative estimate of drug-likeness (QED) is 0.883. The van der Waals surface area contributed by atoms with Crippen LogP contribution in [-0.4, -0.2) is 21.1 Å². The lowest BCUT2D eigenvalue weighted by atomic mass is 10.3. The average Bonchev–Trinajstić information content (AvgIpc) is 2.88. The highest BCUT2D eigenvalue weighted by Crippen LogP contribution is 2.18. The largest absolute Gasteiger partial charge is 0.338 e. The Morgan fingerprint density at radius 2 is 2.29 bits per heavy atom. The number of nitrogens with zero attached hydrogens (tertiary/aromatic N) is 3. The molecule has 1 atom stereocenters. The Kier molecular flexibility index (Phi) is 3.91. The zero-order chi connectivity index (χ0) is 12.3. The summed E-state index contributed by atoms with van der Waals surface area (Å²) in [6.07, 6.45) is 6.68. The highest BCUT2D eigenvalue weighted by molar-refractivity contribution is 7.11. The Labute approximate surface area is 106 Å². The molecule has 17 heavy (non-hydrogen) atoms. The number of rotatable bonds is 5. The molecule has 0 bridgehead atoms. The van der Waals surface area contributed by atoms with Gasteiger partial charge in [-0.2, -0.15) is 0 Å². The van der Waals surface area contributed by atoms with E-state index in [1.165, 1.54) is 4.88 Å². The Balaban J connectivity index is 1.81. The molecule has 0 aliphatic rings. The summed E-state index contributed by atoms with van der Waals surface area (Å²) in [5.41, 5.74) is 0. The zero-order valence-electron chi connectivity index (χ0n) is 10.5. The van der Waals surface area contributed by atoms with Gasteiger partial charge in [0.1, 0.15) is 10.8 Å². The molecular formula is C12H18N4S. The van der Waals surface area contributed by atoms with E-state index >= 15 is 0 Å². The molecule has 0 saturated carbocycles. The van der Waals surface area contributed by atoms with Crippen molar-refractivity contribution in [2.24, 2.45) is 7.05 Å². The van der Waals surface area contributed by atoms with Crippen molar-refractivity contribution >= 4 is 11.3 Å². The van der Waals surface area contributed by atoms with Crippen molar-refractivity contribution in [3.05, 3.63) is 34.3 Å². The number of hydrogen-bond donors (Lipinski definition) is 1. The zero-order valence-corrected chi connectivity index (χ0v) is 11.3. The molecule has 0 saturated heterocycles. The first kappa shape index (κ1) is 12.3. The van der Waals surface area contributed by atoms with Crippen LogP contribution in [0.3, 0.4) is 0 Å². The third kappa shape index (κ3) is 3.14. The van der Waals surface area contributed by atoms with Gasteiger partial charge in [0.25, 0.3) is 0 Å². The summed E-state index contributed by atoms with van der Waals surface area (Å²) in [6.45, 7) is 5.16. The molecule has 0 fully saturated rings. The molecule has 92 valence electrons. The van der Waals surface area contributed by atoms with Crippen LogP contribution in [0.5, 0.6) is 0 Å². The highest BCUT2D eigenvalue weighted by atomic mass is 32.1. The van der Waals surface area contributed by atoms with E-state index in [1.807, 2.05) is 25.6 Å². The summed E-state index contributed by atoms with van der Waals surface area (Å²) in [5, 5.41) is 4.63. The third-order valence-corrected chi connectivity index (χ3v) is 3.83. The predicted octanol–water partition coefficient (Wildman–Crippen LogP) is 2.08. The highest BCUT2D eigenvalue weighted by Gasteiger charge is 2.08. The minimum atomic E-state index is 0.314. The average molecular weight is 250 g/mol. The second-order valence-electron chi connectivity index (χ2n) is 4.19. The molecule has 0 amide bonds. The molecule has 0 aromatic carbocycles. The van der Waals surface area contributed by atoms with E-state index in [2.05, 4.69) is 33.7 Å². The van der Waals surface area contributed by atoms with Crippen molar-refractivity contribution in [3.63, 3.8) is 0 Å². The van der Waals surface area contributed by atoms with E-state index in [4.69, 9.17) is 0 Å². The standard InChI is InChI=1S/C12H18N4S/c1-9-8-15-12(17-9)10(2)13-5-4-11-14-6-7-16(11)3/h6-8,10,13H,4-5H2,1-3H3. The monoisotopic (exact) mass is 250 g/mol. The molecule has 0 radical (unpaired) electrons. The van der Waals surface area contributed by atoms with Crippen LogP contribution in [0.2, 0.25) is 0 Å². The van der Waals surface area contributed by atoms with Crippen molar-refractivity contribution in [1.82, 2.24) is 19.9 Å². The van der Waals surface area contributed by atoms with Crippen LogP contribution in [0.4, 0.5) is 0 Å². The number of thiazole rings is 1. The summed E-state index contributed by atoms with van der Waals surface area (Å²) in [6, 6.07) is 0.314. The molecular weight excluding hydrogens is 232 g/mol. The lowest BCUT2D eigenvalue weighted by molar-refractivity contribution is 0.562. The summed E-state index contributed by atoms with van der Waals surface area (Å²) >= 11 is 1.75. The maximum atomic E-state index is 4.38. The summed E-state index contributed by atoms with van der Waals surface area (Å²) < 4.78 is 2.06. The van der Waals surface area contributed by atoms with Crippen LogP contribution >= 0.6 is 11.3 Å². The predicted molar refractivity (Wildman–Crippen MR) is 70.2 cm³/mol. The normalized spacial score (nSPS) is 12.9. The second-order valence-corrected chi connectivity index (χ2v) is 5.46. The molecule has 0 aliphatic carbocycles. The first-order chi connectivity index (χ1) is 8.16. The minimum Gasteiger partial charge on any atom is -0.338 e. The van der Waals surface area contributed by atoms with Gasteiger partial charge in [-0.05, 0) is 13.8 Å². The van der Waals surface area contributed by atoms with Gasteiger partial charge in [-0.3, -0.25) is 0 Å². The molecule has 1 unspecified atom stereocenters. The summed E-state index contributed by atoms with van der Waals surface area (Å²) in [7, 11) is 2.02. The van der Waals surface area contributed by atoms with Gasteiger partial charge in [0.15, 0.2) is 0 Å². The lowest BCUT2D eigenvalue weighted by Gasteiger charge is -2.10. The molecule has 2 aromatic heterocycles. The van der Waals surface area contributed by atoms with Gasteiger partial charge < -0.3 is 9.88 Å². The second kappa shape index (κ2) is 5.42. The number of aryl methyl sites for hydroxylation is 2. The maximum Gasteiger partial charge on any atom is 0.109 e. The van der Waals surface area contributed by atoms with E-state index < -0.39 is 0 Å². The van der Waals surface area contributed by atoms with Crippen LogP contribution in [-0.2, 0) is 13.5 Å². The SMILES string of the molecule is Cc1cnc(C(C)NCCc2nccn2C)s1. The number of aromatic nitrogens is 3. The number of nitrogens with one attached hydrogen (secondary N) is 1. The number of imidazole rings is 1. The fraction of sp³-hybridized carbons (Fsp3) is 0.500. The van der Waals surface area contributed by atoms with Gasteiger partial charge in [-0.15, -0.1) is 11.3 Å². The molecule has 0 aliphatic heterocycles. The first-order valence-corrected chi connectivity index (χ1v) is 6.60. The van der Waals surface area contributed by atoms with Crippen LogP contribution in [0, 0.1) is 6.92 Å². The van der Waals surface area contributed by atoms with Crippen molar-refractivity contribution < 1.29 is 0 Å². The smallest absolute Gasteiger partial charge is 0.109 e. The van der Waals surface area contributed by atoms with Crippen molar-refractivity contribution in [1.29, 1.82) is 0 Å². The van der Waals surface area contributed by atoms with E-state index in [0.717, 1.165) is 23.8 Å². The topological polar surface area (TPSA) is 42.7 Å². The van der Waals surface area contributed by atoms with Crippen molar-refractivity contribution in [3.8, 4) is 0 Å². The van der Waals surface area contributed by atoms with Gasteiger partial charge in [0.05, 0.1) is 6.04 Å². The van der Waals surface area contributed by atoms with Gasteiger partial charge in [0, 0.05) is 43.5 Å². The molecule has 2 heterocycles. The third-order valence-electron chi connectivity index (χ3n) is 2.73. The molecule has 1 N–H and O–H groups in total. The van der Waals surface area contributed by atoms with Gasteiger partial charge >= 0.3 is 0 Å². The Morgan fingerprint density at radius 1 is 1.47 bits per heavy atom. The molecule has 4 nitrogen and oxygen atoms in total. The summed E-state index contributed by atoms with van der Waals surface area (Å²) in [4.78, 5) is 9.95. The minimum absolute atomic E-state index is 0.314. The lowest BCUT2D eigenvalue weighted by Crippen LogP contribution is -2.22. The van der Waals surface area contributed by atoms with E-state index in [9.17, 15) is 0 Å². The van der Waals surface area contributed by atoms with Crippen molar-refractivity contribution in [2.45, 2.75) is 26.3 Å². The molecule has 0 spiro atoms. The fourth-order valence-electron chi connectivity index (χ4n) is 1.70. The molecule has 2 rings (SSSR count). The maximum absolute atomic E-state index is 4.38. The Bertz CT molecular complexity index is 474. The van der Waals surface area contributed by atoms with E-state index in [1.54, 1.807) is 11.3 Å². The first-order valence-electron chi connectivity index (χ1n) is 5.78. The Hall–Kier alpha value is -1.20. The summed E-state index contributed by atoms with van der Waals surface area (Å²) in [5.74, 6) is 1.11. The number of hydrogen-bond acceptors (Lipinski definition) is 4. The van der Waals surface area contributed by atoms with Crippen molar-refractivity contribution in [2.75, 3.05) is 6.54 Å². The molecule has 5 heteroatoms.